The summed E-state index contributed by atoms with van der Waals surface area (Å²) in [4.78, 5) is 0.907. The van der Waals surface area contributed by atoms with E-state index in [0.717, 1.165) is 17.0 Å². The Hall–Kier alpha value is -0.410. The Kier molecular flexibility index (Phi) is 1.83. The zero-order valence-corrected chi connectivity index (χ0v) is 5.94. The molecule has 9 heavy (non-hydrogen) atoms. The van der Waals surface area contributed by atoms with Gasteiger partial charge in [0.25, 0.3) is 0 Å². The van der Waals surface area contributed by atoms with Gasteiger partial charge in [-0.05, 0) is 17.1 Å². The monoisotopic (exact) mass is 142 g/mol. The number of hydrogen-bond acceptors (Lipinski definition) is 3. The first-order valence-electron chi connectivity index (χ1n) is 2.81. The SMILES string of the molecule is NC1=CC=C(S)C(N)C1. The van der Waals surface area contributed by atoms with Crippen LogP contribution in [0.2, 0.25) is 0 Å². The van der Waals surface area contributed by atoms with Crippen LogP contribution in [0.3, 0.4) is 0 Å². The lowest BCUT2D eigenvalue weighted by Crippen LogP contribution is -2.24. The van der Waals surface area contributed by atoms with E-state index in [9.17, 15) is 0 Å². The average molecular weight is 142 g/mol. The molecule has 1 aliphatic carbocycles. The molecule has 2 nitrogen and oxygen atoms in total. The second kappa shape index (κ2) is 2.45. The van der Waals surface area contributed by atoms with Gasteiger partial charge in [-0.25, -0.2) is 0 Å². The summed E-state index contributed by atoms with van der Waals surface area (Å²) in [5.41, 5.74) is 11.9. The summed E-state index contributed by atoms with van der Waals surface area (Å²) in [6.07, 6.45) is 4.41. The summed E-state index contributed by atoms with van der Waals surface area (Å²) < 4.78 is 0. The van der Waals surface area contributed by atoms with Crippen molar-refractivity contribution in [3.05, 3.63) is 22.8 Å². The molecule has 0 aliphatic heterocycles. The van der Waals surface area contributed by atoms with Gasteiger partial charge >= 0.3 is 0 Å². The normalized spacial score (nSPS) is 27.1. The number of thiol groups is 1. The van der Waals surface area contributed by atoms with E-state index in [4.69, 9.17) is 11.5 Å². The molecule has 1 rings (SSSR count). The molecule has 0 aromatic carbocycles. The molecule has 1 atom stereocenters. The third kappa shape index (κ3) is 1.50. The molecule has 0 saturated carbocycles. The lowest BCUT2D eigenvalue weighted by atomic mass is 10.1. The smallest absolute Gasteiger partial charge is 0.0407 e. The van der Waals surface area contributed by atoms with Gasteiger partial charge in [0, 0.05) is 18.2 Å². The van der Waals surface area contributed by atoms with Crippen molar-refractivity contribution in [3.8, 4) is 0 Å². The Bertz CT molecular complexity index is 172. The summed E-state index contributed by atoms with van der Waals surface area (Å²) in [6.45, 7) is 0. The van der Waals surface area contributed by atoms with Gasteiger partial charge in [-0.1, -0.05) is 0 Å². The molecule has 0 fully saturated rings. The first-order valence-corrected chi connectivity index (χ1v) is 3.25. The van der Waals surface area contributed by atoms with Crippen LogP contribution in [0.1, 0.15) is 6.42 Å². The molecule has 4 N–H and O–H groups in total. The zero-order chi connectivity index (χ0) is 6.85. The summed E-state index contributed by atoms with van der Waals surface area (Å²) in [6, 6.07) is 0.0123. The van der Waals surface area contributed by atoms with Gasteiger partial charge < -0.3 is 11.5 Å². The first-order chi connectivity index (χ1) is 4.20. The summed E-state index contributed by atoms with van der Waals surface area (Å²) in [7, 11) is 0. The van der Waals surface area contributed by atoms with E-state index in [1.54, 1.807) is 0 Å². The molecule has 3 heteroatoms. The van der Waals surface area contributed by atoms with E-state index in [2.05, 4.69) is 12.6 Å². The van der Waals surface area contributed by atoms with Crippen LogP contribution >= 0.6 is 12.6 Å². The molecule has 50 valence electrons. The molecule has 1 aliphatic rings. The van der Waals surface area contributed by atoms with Gasteiger partial charge in [0.2, 0.25) is 0 Å². The van der Waals surface area contributed by atoms with Crippen molar-refractivity contribution in [2.24, 2.45) is 11.5 Å². The summed E-state index contributed by atoms with van der Waals surface area (Å²) >= 11 is 4.13. The Morgan fingerprint density at radius 3 is 2.67 bits per heavy atom. The van der Waals surface area contributed by atoms with E-state index in [-0.39, 0.29) is 6.04 Å². The third-order valence-corrected chi connectivity index (χ3v) is 1.78. The van der Waals surface area contributed by atoms with Crippen LogP contribution in [0, 0.1) is 0 Å². The quantitative estimate of drug-likeness (QED) is 0.428. The lowest BCUT2D eigenvalue weighted by molar-refractivity contribution is 0.773. The highest BCUT2D eigenvalue weighted by Crippen LogP contribution is 2.16. The zero-order valence-electron chi connectivity index (χ0n) is 5.04. The average Bonchev–Trinajstić information content (AvgIpc) is 1.80. The molecular formula is C6H10N2S. The Labute approximate surface area is 60.0 Å². The van der Waals surface area contributed by atoms with Crippen molar-refractivity contribution in [3.63, 3.8) is 0 Å². The predicted molar refractivity (Wildman–Crippen MR) is 41.9 cm³/mol. The second-order valence-corrected chi connectivity index (χ2v) is 2.66. The fourth-order valence-electron chi connectivity index (χ4n) is 0.743. The fraction of sp³-hybridized carbons (Fsp3) is 0.333. The van der Waals surface area contributed by atoms with Gasteiger partial charge in [-0.3, -0.25) is 0 Å². The van der Waals surface area contributed by atoms with Crippen molar-refractivity contribution in [2.75, 3.05) is 0 Å². The van der Waals surface area contributed by atoms with Gasteiger partial charge in [-0.2, -0.15) is 0 Å². The van der Waals surface area contributed by atoms with Crippen LogP contribution in [0.15, 0.2) is 22.8 Å². The van der Waals surface area contributed by atoms with Gasteiger partial charge in [0.05, 0.1) is 0 Å². The number of hydrogen-bond donors (Lipinski definition) is 3. The summed E-state index contributed by atoms with van der Waals surface area (Å²) in [5, 5.41) is 0. The molecule has 0 radical (unpaired) electrons. The van der Waals surface area contributed by atoms with Crippen molar-refractivity contribution in [2.45, 2.75) is 12.5 Å². The van der Waals surface area contributed by atoms with E-state index in [1.807, 2.05) is 12.2 Å². The lowest BCUT2D eigenvalue weighted by Gasteiger charge is -2.14. The standard InChI is InChI=1S/C6H10N2S/c7-4-1-2-6(9)5(8)3-4/h1-2,5,9H,3,7-8H2. The van der Waals surface area contributed by atoms with Gasteiger partial charge in [-0.15, -0.1) is 12.6 Å². The van der Waals surface area contributed by atoms with Gasteiger partial charge in [0.1, 0.15) is 0 Å². The molecule has 1 unspecified atom stereocenters. The van der Waals surface area contributed by atoms with Crippen LogP contribution in [-0.4, -0.2) is 6.04 Å². The van der Waals surface area contributed by atoms with Crippen molar-refractivity contribution in [1.29, 1.82) is 0 Å². The molecule has 0 aromatic heterocycles. The topological polar surface area (TPSA) is 52.0 Å². The maximum Gasteiger partial charge on any atom is 0.0407 e. The van der Waals surface area contributed by atoms with Gasteiger partial charge in [0.15, 0.2) is 0 Å². The van der Waals surface area contributed by atoms with Crippen LogP contribution in [0.5, 0.6) is 0 Å². The highest BCUT2D eigenvalue weighted by atomic mass is 32.1. The summed E-state index contributed by atoms with van der Waals surface area (Å²) in [5.74, 6) is 0. The van der Waals surface area contributed by atoms with Crippen molar-refractivity contribution >= 4 is 12.6 Å². The van der Waals surface area contributed by atoms with E-state index in [0.29, 0.717) is 0 Å². The first kappa shape index (κ1) is 6.71. The molecule has 0 saturated heterocycles. The van der Waals surface area contributed by atoms with E-state index in [1.165, 1.54) is 0 Å². The molecule has 0 amide bonds. The molecular weight excluding hydrogens is 132 g/mol. The van der Waals surface area contributed by atoms with E-state index >= 15 is 0 Å². The predicted octanol–water partition coefficient (Wildman–Crippen LogP) is 0.374. The number of nitrogens with two attached hydrogens (primary N) is 2. The highest BCUT2D eigenvalue weighted by molar-refractivity contribution is 7.84. The molecule has 0 spiro atoms. The largest absolute Gasteiger partial charge is 0.402 e. The van der Waals surface area contributed by atoms with Crippen molar-refractivity contribution < 1.29 is 0 Å². The third-order valence-electron chi connectivity index (χ3n) is 1.30. The molecule has 0 bridgehead atoms. The Balaban J connectivity index is 2.74. The van der Waals surface area contributed by atoms with Crippen LogP contribution in [0.25, 0.3) is 0 Å². The minimum Gasteiger partial charge on any atom is -0.402 e. The number of rotatable bonds is 0. The number of allylic oxidation sites excluding steroid dienone is 2. The van der Waals surface area contributed by atoms with Crippen LogP contribution in [-0.2, 0) is 0 Å². The second-order valence-electron chi connectivity index (χ2n) is 2.14. The van der Waals surface area contributed by atoms with Crippen LogP contribution in [0.4, 0.5) is 0 Å². The van der Waals surface area contributed by atoms with Crippen LogP contribution < -0.4 is 11.5 Å². The maximum absolute atomic E-state index is 5.60. The fourth-order valence-corrected chi connectivity index (χ4v) is 0.908. The van der Waals surface area contributed by atoms with E-state index < -0.39 is 0 Å². The Morgan fingerprint density at radius 1 is 1.56 bits per heavy atom. The minimum absolute atomic E-state index is 0.0123. The molecule has 0 aromatic rings. The highest BCUT2D eigenvalue weighted by Gasteiger charge is 2.09. The van der Waals surface area contributed by atoms with Crippen molar-refractivity contribution in [1.82, 2.24) is 0 Å². The maximum atomic E-state index is 5.60. The molecule has 0 heterocycles. The Morgan fingerprint density at radius 2 is 2.22 bits per heavy atom. The minimum atomic E-state index is 0.0123.